The summed E-state index contributed by atoms with van der Waals surface area (Å²) < 4.78 is 12.5. The highest BCUT2D eigenvalue weighted by atomic mass is 16.5. The number of nitriles is 1. The van der Waals surface area contributed by atoms with Crippen LogP contribution in [0.15, 0.2) is 35.9 Å². The Balaban J connectivity index is 2.13. The SMILES string of the molecule is COC[C@H](C)n1c(C)cc(/C=C(\C#N)C(=O)O[C@H](C)C(=O)Nc2ccc(C)cc2)c1C. The van der Waals surface area contributed by atoms with Gasteiger partial charge in [0.25, 0.3) is 5.91 Å². The van der Waals surface area contributed by atoms with Crippen molar-refractivity contribution in [3.05, 3.63) is 58.4 Å². The van der Waals surface area contributed by atoms with Crippen LogP contribution in [-0.4, -0.2) is 36.3 Å². The smallest absolute Gasteiger partial charge is 0.349 e. The van der Waals surface area contributed by atoms with Crippen molar-refractivity contribution < 1.29 is 19.1 Å². The predicted octanol–water partition coefficient (Wildman–Crippen LogP) is 4.10. The number of aryl methyl sites for hydroxylation is 2. The number of carbonyl (C=O) groups is 2. The molecule has 2 aromatic rings. The molecule has 0 fully saturated rings. The molecule has 31 heavy (non-hydrogen) atoms. The lowest BCUT2D eigenvalue weighted by atomic mass is 10.1. The van der Waals surface area contributed by atoms with Crippen molar-refractivity contribution >= 4 is 23.6 Å². The first-order chi connectivity index (χ1) is 14.7. The van der Waals surface area contributed by atoms with Gasteiger partial charge in [-0.3, -0.25) is 4.79 Å². The van der Waals surface area contributed by atoms with Gasteiger partial charge < -0.3 is 19.4 Å². The normalized spacial score (nSPS) is 13.3. The van der Waals surface area contributed by atoms with Gasteiger partial charge in [-0.15, -0.1) is 0 Å². The maximum absolute atomic E-state index is 12.5. The third kappa shape index (κ3) is 6.06. The summed E-state index contributed by atoms with van der Waals surface area (Å²) in [4.78, 5) is 24.8. The van der Waals surface area contributed by atoms with Crippen LogP contribution in [0, 0.1) is 32.1 Å². The second kappa shape index (κ2) is 10.6. The van der Waals surface area contributed by atoms with Crippen LogP contribution in [0.4, 0.5) is 5.69 Å². The summed E-state index contributed by atoms with van der Waals surface area (Å²) in [5.41, 5.74) is 4.14. The molecule has 0 aliphatic carbocycles. The Morgan fingerprint density at radius 2 is 1.84 bits per heavy atom. The molecule has 0 saturated carbocycles. The van der Waals surface area contributed by atoms with E-state index in [0.717, 1.165) is 22.5 Å². The summed E-state index contributed by atoms with van der Waals surface area (Å²) in [6.45, 7) is 9.86. The van der Waals surface area contributed by atoms with Gasteiger partial charge in [0.15, 0.2) is 6.10 Å². The molecule has 2 atom stereocenters. The molecule has 0 aliphatic heterocycles. The minimum atomic E-state index is -1.06. The predicted molar refractivity (Wildman–Crippen MR) is 119 cm³/mol. The fraction of sp³-hybridized carbons (Fsp3) is 0.375. The van der Waals surface area contributed by atoms with Crippen molar-refractivity contribution in [1.29, 1.82) is 5.26 Å². The molecule has 0 radical (unpaired) electrons. The third-order valence-electron chi connectivity index (χ3n) is 4.98. The highest BCUT2D eigenvalue weighted by molar-refractivity contribution is 6.01. The number of hydrogen-bond acceptors (Lipinski definition) is 5. The monoisotopic (exact) mass is 423 g/mol. The van der Waals surface area contributed by atoms with E-state index in [2.05, 4.69) is 9.88 Å². The lowest BCUT2D eigenvalue weighted by molar-refractivity contribution is -0.148. The van der Waals surface area contributed by atoms with Gasteiger partial charge >= 0.3 is 5.97 Å². The standard InChI is InChI=1S/C24H29N3O4/c1-15-7-9-22(10-8-15)26-23(28)19(5)31-24(29)21(13-25)12-20-11-16(2)27(18(20)4)17(3)14-30-6/h7-12,17,19H,14H2,1-6H3,(H,26,28)/b21-12+/t17-,19+/m0/s1. The van der Waals surface area contributed by atoms with Gasteiger partial charge in [-0.25, -0.2) is 4.79 Å². The van der Waals surface area contributed by atoms with Crippen LogP contribution in [-0.2, 0) is 19.1 Å². The van der Waals surface area contributed by atoms with E-state index in [1.54, 1.807) is 19.2 Å². The summed E-state index contributed by atoms with van der Waals surface area (Å²) in [7, 11) is 1.64. The van der Waals surface area contributed by atoms with E-state index in [9.17, 15) is 14.9 Å². The van der Waals surface area contributed by atoms with Gasteiger partial charge in [-0.05, 0) is 64.5 Å². The van der Waals surface area contributed by atoms with Crippen LogP contribution in [0.2, 0.25) is 0 Å². The summed E-state index contributed by atoms with van der Waals surface area (Å²) in [5, 5.41) is 12.2. The number of carbonyl (C=O) groups excluding carboxylic acids is 2. The number of aromatic nitrogens is 1. The number of anilines is 1. The van der Waals surface area contributed by atoms with Gasteiger partial charge in [0.2, 0.25) is 0 Å². The summed E-state index contributed by atoms with van der Waals surface area (Å²) >= 11 is 0. The summed E-state index contributed by atoms with van der Waals surface area (Å²) in [5.74, 6) is -1.31. The Morgan fingerprint density at radius 1 is 1.19 bits per heavy atom. The van der Waals surface area contributed by atoms with Crippen molar-refractivity contribution in [2.45, 2.75) is 46.8 Å². The van der Waals surface area contributed by atoms with Crippen LogP contribution < -0.4 is 5.32 Å². The fourth-order valence-electron chi connectivity index (χ4n) is 3.39. The minimum Gasteiger partial charge on any atom is -0.448 e. The first kappa shape index (κ1) is 23.9. The molecule has 164 valence electrons. The molecule has 1 N–H and O–H groups in total. The molecular formula is C24H29N3O4. The van der Waals surface area contributed by atoms with Crippen LogP contribution in [0.5, 0.6) is 0 Å². The van der Waals surface area contributed by atoms with Crippen LogP contribution in [0.25, 0.3) is 6.08 Å². The Bertz CT molecular complexity index is 1010. The molecule has 0 saturated heterocycles. The average Bonchev–Trinajstić information content (AvgIpc) is 3.00. The van der Waals surface area contributed by atoms with Gasteiger partial charge in [0.05, 0.1) is 12.6 Å². The van der Waals surface area contributed by atoms with Crippen molar-refractivity contribution in [2.75, 3.05) is 19.0 Å². The molecule has 1 heterocycles. The minimum absolute atomic E-state index is 0.107. The summed E-state index contributed by atoms with van der Waals surface area (Å²) in [6, 6.07) is 11.2. The topological polar surface area (TPSA) is 93.3 Å². The largest absolute Gasteiger partial charge is 0.448 e. The molecule has 7 heteroatoms. The highest BCUT2D eigenvalue weighted by Gasteiger charge is 2.22. The van der Waals surface area contributed by atoms with Crippen molar-refractivity contribution in [2.24, 2.45) is 0 Å². The number of methoxy groups -OCH3 is 1. The average molecular weight is 424 g/mol. The molecule has 0 unspecified atom stereocenters. The van der Waals surface area contributed by atoms with E-state index < -0.39 is 18.0 Å². The third-order valence-corrected chi connectivity index (χ3v) is 4.98. The van der Waals surface area contributed by atoms with Crippen LogP contribution in [0.3, 0.4) is 0 Å². The maximum Gasteiger partial charge on any atom is 0.349 e. The number of nitrogens with zero attached hydrogens (tertiary/aromatic N) is 2. The van der Waals surface area contributed by atoms with Crippen LogP contribution in [0.1, 0.15) is 42.4 Å². The zero-order valence-electron chi connectivity index (χ0n) is 18.9. The lowest BCUT2D eigenvalue weighted by Crippen LogP contribution is -2.30. The zero-order chi connectivity index (χ0) is 23.1. The molecule has 1 amide bonds. The molecule has 1 aromatic heterocycles. The van der Waals surface area contributed by atoms with E-state index in [1.807, 2.05) is 52.0 Å². The van der Waals surface area contributed by atoms with E-state index in [0.29, 0.717) is 12.3 Å². The van der Waals surface area contributed by atoms with E-state index in [-0.39, 0.29) is 11.6 Å². The van der Waals surface area contributed by atoms with Gasteiger partial charge in [-0.1, -0.05) is 17.7 Å². The zero-order valence-corrected chi connectivity index (χ0v) is 18.9. The lowest BCUT2D eigenvalue weighted by Gasteiger charge is -2.17. The Labute approximate surface area is 183 Å². The number of amides is 1. The highest BCUT2D eigenvalue weighted by Crippen LogP contribution is 2.23. The van der Waals surface area contributed by atoms with E-state index in [4.69, 9.17) is 9.47 Å². The number of hydrogen-bond donors (Lipinski definition) is 1. The van der Waals surface area contributed by atoms with Crippen molar-refractivity contribution in [1.82, 2.24) is 4.57 Å². The quantitative estimate of drug-likeness (QED) is 0.392. The van der Waals surface area contributed by atoms with E-state index >= 15 is 0 Å². The summed E-state index contributed by atoms with van der Waals surface area (Å²) in [6.07, 6.45) is 0.436. The van der Waals surface area contributed by atoms with Gasteiger partial charge in [0, 0.05) is 24.2 Å². The molecule has 1 aromatic carbocycles. The number of esters is 1. The van der Waals surface area contributed by atoms with E-state index in [1.165, 1.54) is 13.0 Å². The van der Waals surface area contributed by atoms with Gasteiger partial charge in [-0.2, -0.15) is 5.26 Å². The number of ether oxygens (including phenoxy) is 2. The number of rotatable bonds is 8. The van der Waals surface area contributed by atoms with Crippen molar-refractivity contribution in [3.63, 3.8) is 0 Å². The molecule has 0 spiro atoms. The van der Waals surface area contributed by atoms with Crippen LogP contribution >= 0.6 is 0 Å². The first-order valence-corrected chi connectivity index (χ1v) is 10.1. The molecule has 7 nitrogen and oxygen atoms in total. The second-order valence-electron chi connectivity index (χ2n) is 7.57. The first-order valence-electron chi connectivity index (χ1n) is 10.1. The molecule has 0 bridgehead atoms. The maximum atomic E-state index is 12.5. The fourth-order valence-corrected chi connectivity index (χ4v) is 3.39. The Morgan fingerprint density at radius 3 is 2.42 bits per heavy atom. The number of benzene rings is 1. The van der Waals surface area contributed by atoms with Crippen molar-refractivity contribution in [3.8, 4) is 6.07 Å². The molecular weight excluding hydrogens is 394 g/mol. The Kier molecular flexibility index (Phi) is 8.17. The second-order valence-corrected chi connectivity index (χ2v) is 7.57. The molecule has 2 rings (SSSR count). The Hall–Kier alpha value is -3.37. The number of nitrogens with one attached hydrogen (secondary N) is 1. The van der Waals surface area contributed by atoms with Gasteiger partial charge in [0.1, 0.15) is 11.6 Å². The molecule has 0 aliphatic rings.